The van der Waals surface area contributed by atoms with Gasteiger partial charge >= 0.3 is 0 Å². The molecule has 0 saturated carbocycles. The zero-order chi connectivity index (χ0) is 18.1. The summed E-state index contributed by atoms with van der Waals surface area (Å²) in [7, 11) is 0. The Balaban J connectivity index is 2.20. The van der Waals surface area contributed by atoms with Crippen LogP contribution in [0.4, 0.5) is 11.4 Å². The third-order valence-electron chi connectivity index (χ3n) is 3.91. The molecule has 8 nitrogen and oxygen atoms in total. The molecule has 0 fully saturated rings. The van der Waals surface area contributed by atoms with Crippen molar-refractivity contribution in [2.75, 3.05) is 4.90 Å². The van der Waals surface area contributed by atoms with Crippen LogP contribution in [0.5, 0.6) is 0 Å². The van der Waals surface area contributed by atoms with E-state index in [2.05, 4.69) is 4.98 Å². The largest absolute Gasteiger partial charge is 0.503 e. The molecule has 1 atom stereocenters. The van der Waals surface area contributed by atoms with Crippen LogP contribution < -0.4 is 4.90 Å². The molecule has 1 aromatic heterocycles. The third kappa shape index (κ3) is 2.74. The summed E-state index contributed by atoms with van der Waals surface area (Å²) in [5.41, 5.74) is 0.437. The van der Waals surface area contributed by atoms with Gasteiger partial charge in [0, 0.05) is 18.3 Å². The smallest absolute Gasteiger partial charge is 0.294 e. The van der Waals surface area contributed by atoms with Gasteiger partial charge in [0.1, 0.15) is 0 Å². The van der Waals surface area contributed by atoms with Crippen LogP contribution in [0.3, 0.4) is 0 Å². The molecule has 1 aliphatic heterocycles. The molecular weight excluding hydrogens is 326 g/mol. The van der Waals surface area contributed by atoms with Gasteiger partial charge < -0.3 is 5.11 Å². The number of hydrogen-bond donors (Lipinski definition) is 1. The van der Waals surface area contributed by atoms with Gasteiger partial charge in [-0.2, -0.15) is 0 Å². The van der Waals surface area contributed by atoms with E-state index in [0.717, 1.165) is 0 Å². The normalized spacial score (nSPS) is 17.1. The van der Waals surface area contributed by atoms with E-state index in [1.165, 1.54) is 42.4 Å². The fraction of sp³-hybridized carbons (Fsp3) is 0.118. The summed E-state index contributed by atoms with van der Waals surface area (Å²) in [6.45, 7) is 1.23. The van der Waals surface area contributed by atoms with Crippen LogP contribution in [0.2, 0.25) is 0 Å². The van der Waals surface area contributed by atoms with E-state index in [9.17, 15) is 24.8 Å². The van der Waals surface area contributed by atoms with Crippen LogP contribution in [0.15, 0.2) is 60.1 Å². The molecule has 0 unspecified atom stereocenters. The second kappa shape index (κ2) is 6.16. The van der Waals surface area contributed by atoms with Crippen molar-refractivity contribution >= 4 is 23.1 Å². The molecule has 0 bridgehead atoms. The summed E-state index contributed by atoms with van der Waals surface area (Å²) in [4.78, 5) is 40.2. The molecule has 8 heteroatoms. The Labute approximate surface area is 142 Å². The summed E-state index contributed by atoms with van der Waals surface area (Å²) in [6.07, 6.45) is 2.93. The van der Waals surface area contributed by atoms with Gasteiger partial charge in [0.15, 0.2) is 11.5 Å². The molecule has 1 aromatic carbocycles. The van der Waals surface area contributed by atoms with Crippen LogP contribution in [-0.4, -0.2) is 26.7 Å². The van der Waals surface area contributed by atoms with E-state index in [1.54, 1.807) is 18.2 Å². The molecule has 1 amide bonds. The van der Waals surface area contributed by atoms with Crippen molar-refractivity contribution in [3.63, 3.8) is 0 Å². The maximum atomic E-state index is 12.5. The van der Waals surface area contributed by atoms with Gasteiger partial charge in [-0.3, -0.25) is 29.6 Å². The van der Waals surface area contributed by atoms with Crippen molar-refractivity contribution in [1.82, 2.24) is 4.98 Å². The van der Waals surface area contributed by atoms with Crippen molar-refractivity contribution in [3.8, 4) is 0 Å². The average molecular weight is 339 g/mol. The number of carbonyl (C=O) groups is 2. The molecular formula is C17H13N3O5. The van der Waals surface area contributed by atoms with E-state index < -0.39 is 28.4 Å². The van der Waals surface area contributed by atoms with Gasteiger partial charge in [0.05, 0.1) is 28.4 Å². The number of anilines is 1. The number of pyridine rings is 1. The fourth-order valence-corrected chi connectivity index (χ4v) is 2.85. The van der Waals surface area contributed by atoms with E-state index in [1.807, 2.05) is 0 Å². The lowest BCUT2D eigenvalue weighted by atomic mass is 9.96. The second-order valence-corrected chi connectivity index (χ2v) is 5.46. The van der Waals surface area contributed by atoms with Crippen LogP contribution in [-0.2, 0) is 9.59 Å². The second-order valence-electron chi connectivity index (χ2n) is 5.46. The minimum absolute atomic E-state index is 0.102. The van der Waals surface area contributed by atoms with Crippen LogP contribution >= 0.6 is 0 Å². The number of aliphatic hydroxyl groups is 1. The van der Waals surface area contributed by atoms with E-state index >= 15 is 0 Å². The quantitative estimate of drug-likeness (QED) is 0.676. The Kier molecular flexibility index (Phi) is 4.02. The van der Waals surface area contributed by atoms with Gasteiger partial charge in [-0.15, -0.1) is 0 Å². The SMILES string of the molecule is CC(=O)C1=C(O)C(=O)N(c2cccnc2)[C@H]1c1cccc([N+](=O)[O-])c1. The van der Waals surface area contributed by atoms with Gasteiger partial charge in [-0.05, 0) is 24.6 Å². The third-order valence-corrected chi connectivity index (χ3v) is 3.91. The Hall–Kier alpha value is -3.55. The number of rotatable bonds is 4. The lowest BCUT2D eigenvalue weighted by Gasteiger charge is -2.26. The Morgan fingerprint density at radius 1 is 1.32 bits per heavy atom. The number of Topliss-reactive ketones (excluding diaryl/α,β-unsaturated/α-hetero) is 1. The van der Waals surface area contributed by atoms with E-state index in [4.69, 9.17) is 0 Å². The zero-order valence-electron chi connectivity index (χ0n) is 13.1. The maximum Gasteiger partial charge on any atom is 0.294 e. The minimum Gasteiger partial charge on any atom is -0.503 e. The molecule has 126 valence electrons. The number of aromatic nitrogens is 1. The molecule has 1 aliphatic rings. The van der Waals surface area contributed by atoms with Gasteiger partial charge in [-0.1, -0.05) is 12.1 Å². The van der Waals surface area contributed by atoms with Crippen molar-refractivity contribution in [2.45, 2.75) is 13.0 Å². The van der Waals surface area contributed by atoms with Gasteiger partial charge in [-0.25, -0.2) is 0 Å². The summed E-state index contributed by atoms with van der Waals surface area (Å²) in [5, 5.41) is 21.2. The first-order valence-corrected chi connectivity index (χ1v) is 7.34. The van der Waals surface area contributed by atoms with Crippen LogP contribution in [0.1, 0.15) is 18.5 Å². The van der Waals surface area contributed by atoms with E-state index in [0.29, 0.717) is 11.3 Å². The zero-order valence-corrected chi connectivity index (χ0v) is 13.1. The van der Waals surface area contributed by atoms with Gasteiger partial charge in [0.25, 0.3) is 11.6 Å². The number of carbonyl (C=O) groups excluding carboxylic acids is 2. The first-order chi connectivity index (χ1) is 11.9. The van der Waals surface area contributed by atoms with Crippen molar-refractivity contribution < 1.29 is 19.6 Å². The molecule has 0 saturated heterocycles. The Bertz CT molecular complexity index is 908. The highest BCUT2D eigenvalue weighted by molar-refractivity contribution is 6.16. The summed E-state index contributed by atoms with van der Waals surface area (Å²) in [5.74, 6) is -1.91. The molecule has 0 aliphatic carbocycles. The number of nitrogens with zero attached hydrogens (tertiary/aromatic N) is 3. The Morgan fingerprint density at radius 2 is 2.08 bits per heavy atom. The van der Waals surface area contributed by atoms with Crippen LogP contribution in [0.25, 0.3) is 0 Å². The predicted molar refractivity (Wildman–Crippen MR) is 87.9 cm³/mol. The topological polar surface area (TPSA) is 114 Å². The number of non-ortho nitro benzene ring substituents is 1. The van der Waals surface area contributed by atoms with Crippen molar-refractivity contribution in [3.05, 3.63) is 75.8 Å². The standard InChI is InChI=1S/C17H13N3O5/c1-10(21)14-15(11-4-2-5-12(8-11)20(24)25)19(17(23)16(14)22)13-6-3-7-18-9-13/h2-9,15,22H,1H3/t15-/m0/s1. The Morgan fingerprint density at radius 3 is 2.68 bits per heavy atom. The number of nitro groups is 1. The lowest BCUT2D eigenvalue weighted by Crippen LogP contribution is -2.30. The summed E-state index contributed by atoms with van der Waals surface area (Å²) in [6, 6.07) is 7.87. The fourth-order valence-electron chi connectivity index (χ4n) is 2.85. The molecule has 2 heterocycles. The van der Waals surface area contributed by atoms with Crippen molar-refractivity contribution in [1.29, 1.82) is 0 Å². The molecule has 0 spiro atoms. The molecule has 25 heavy (non-hydrogen) atoms. The summed E-state index contributed by atoms with van der Waals surface area (Å²) < 4.78 is 0. The first kappa shape index (κ1) is 16.3. The number of amides is 1. The van der Waals surface area contributed by atoms with Crippen molar-refractivity contribution in [2.24, 2.45) is 0 Å². The highest BCUT2D eigenvalue weighted by Crippen LogP contribution is 2.41. The van der Waals surface area contributed by atoms with Gasteiger partial charge in [0.2, 0.25) is 0 Å². The van der Waals surface area contributed by atoms with E-state index in [-0.39, 0.29) is 11.3 Å². The number of hydrogen-bond acceptors (Lipinski definition) is 6. The highest BCUT2D eigenvalue weighted by atomic mass is 16.6. The monoisotopic (exact) mass is 339 g/mol. The predicted octanol–water partition coefficient (Wildman–Crippen LogP) is 2.48. The molecule has 0 radical (unpaired) electrons. The number of nitro benzene ring substituents is 1. The lowest BCUT2D eigenvalue weighted by molar-refractivity contribution is -0.384. The molecule has 1 N–H and O–H groups in total. The highest BCUT2D eigenvalue weighted by Gasteiger charge is 2.43. The summed E-state index contributed by atoms with van der Waals surface area (Å²) >= 11 is 0. The maximum absolute atomic E-state index is 12.5. The first-order valence-electron chi connectivity index (χ1n) is 7.34. The molecule has 3 rings (SSSR count). The average Bonchev–Trinajstić information content (AvgIpc) is 2.87. The van der Waals surface area contributed by atoms with Crippen LogP contribution in [0, 0.1) is 10.1 Å². The number of benzene rings is 1. The number of aliphatic hydroxyl groups excluding tert-OH is 1. The number of ketones is 1. The minimum atomic E-state index is -0.964. The molecule has 2 aromatic rings.